The minimum absolute atomic E-state index is 0.0226. The number of thioether (sulfide) groups is 1. The molecule has 3 aliphatic heterocycles. The van der Waals surface area contributed by atoms with Crippen molar-refractivity contribution in [3.05, 3.63) is 64.0 Å². The molecule has 3 aromatic rings. The number of hydrogen-bond acceptors (Lipinski definition) is 6. The highest BCUT2D eigenvalue weighted by Gasteiger charge is 2.44. The Morgan fingerprint density at radius 3 is 2.55 bits per heavy atom. The summed E-state index contributed by atoms with van der Waals surface area (Å²) < 4.78 is 17.2. The molecule has 3 fully saturated rings. The zero-order valence-corrected chi connectivity index (χ0v) is 26.7. The molecule has 3 aliphatic rings. The fourth-order valence-corrected chi connectivity index (χ4v) is 8.45. The topological polar surface area (TPSA) is 103 Å². The third-order valence-corrected chi connectivity index (χ3v) is 10.8. The summed E-state index contributed by atoms with van der Waals surface area (Å²) in [6.45, 7) is 9.78. The zero-order valence-electron chi connectivity index (χ0n) is 25.9. The summed E-state index contributed by atoms with van der Waals surface area (Å²) in [5.74, 6) is -0.178. The number of likely N-dealkylation sites (tertiary alicyclic amines) is 1. The molecule has 6 rings (SSSR count). The number of carbonyl (C=O) groups is 2. The second-order valence-corrected chi connectivity index (χ2v) is 14.9. The van der Waals surface area contributed by atoms with Gasteiger partial charge in [-0.25, -0.2) is 14.2 Å². The van der Waals surface area contributed by atoms with Gasteiger partial charge in [0.25, 0.3) is 0 Å². The van der Waals surface area contributed by atoms with Gasteiger partial charge in [0.2, 0.25) is 11.8 Å². The molecule has 44 heavy (non-hydrogen) atoms. The monoisotopic (exact) mass is 622 g/mol. The van der Waals surface area contributed by atoms with Crippen molar-refractivity contribution in [1.29, 1.82) is 0 Å². The number of piperidine rings is 2. The molecule has 0 saturated carbocycles. The molecule has 5 heterocycles. The van der Waals surface area contributed by atoms with Gasteiger partial charge in [-0.1, -0.05) is 32.9 Å². The molecule has 2 atom stereocenters. The lowest BCUT2D eigenvalue weighted by Crippen LogP contribution is -2.42. The van der Waals surface area contributed by atoms with E-state index in [1.54, 1.807) is 16.8 Å². The van der Waals surface area contributed by atoms with Crippen molar-refractivity contribution in [1.82, 2.24) is 29.7 Å². The maximum Gasteiger partial charge on any atom is 0.327 e. The van der Waals surface area contributed by atoms with Crippen molar-refractivity contribution < 1.29 is 14.0 Å². The van der Waals surface area contributed by atoms with Crippen LogP contribution in [0.5, 0.6) is 0 Å². The minimum atomic E-state index is -0.517. The number of halogens is 1. The van der Waals surface area contributed by atoms with Crippen molar-refractivity contribution in [3.63, 3.8) is 0 Å². The second-order valence-electron chi connectivity index (χ2n) is 13.6. The fourth-order valence-electron chi connectivity index (χ4n) is 6.94. The van der Waals surface area contributed by atoms with Gasteiger partial charge in [-0.15, -0.1) is 11.8 Å². The van der Waals surface area contributed by atoms with E-state index in [4.69, 9.17) is 0 Å². The van der Waals surface area contributed by atoms with Crippen molar-refractivity contribution in [2.45, 2.75) is 81.9 Å². The smallest absolute Gasteiger partial charge is 0.327 e. The molecule has 3 saturated heterocycles. The van der Waals surface area contributed by atoms with Gasteiger partial charge in [0, 0.05) is 38.3 Å². The predicted molar refractivity (Wildman–Crippen MR) is 171 cm³/mol. The third-order valence-electron chi connectivity index (χ3n) is 9.37. The average Bonchev–Trinajstić information content (AvgIpc) is 3.51. The van der Waals surface area contributed by atoms with Gasteiger partial charge in [-0.05, 0) is 85.9 Å². The molecule has 11 heteroatoms. The van der Waals surface area contributed by atoms with Crippen LogP contribution >= 0.6 is 11.8 Å². The largest absolute Gasteiger partial charge is 0.342 e. The zero-order chi connectivity index (χ0) is 31.0. The highest BCUT2D eigenvalue weighted by molar-refractivity contribution is 8.01. The van der Waals surface area contributed by atoms with Crippen LogP contribution in [0.4, 0.5) is 4.39 Å². The summed E-state index contributed by atoms with van der Waals surface area (Å²) >= 11 is 1.50. The first-order valence-electron chi connectivity index (χ1n) is 15.9. The number of aromatic nitrogens is 3. The fraction of sp³-hybridized carbons (Fsp3) is 0.576. The maximum atomic E-state index is 15.5. The number of benzene rings is 1. The molecule has 0 bridgehead atoms. The predicted octanol–water partition coefficient (Wildman–Crippen LogP) is 4.96. The summed E-state index contributed by atoms with van der Waals surface area (Å²) in [6, 6.07) is 8.95. The third kappa shape index (κ3) is 6.31. The van der Waals surface area contributed by atoms with Crippen LogP contribution in [0.15, 0.2) is 41.3 Å². The average molecular weight is 623 g/mol. The normalized spacial score (nSPS) is 22.3. The molecule has 236 valence electrons. The Labute approximate surface area is 262 Å². The lowest BCUT2D eigenvalue weighted by molar-refractivity contribution is -0.136. The van der Waals surface area contributed by atoms with Gasteiger partial charge in [0.15, 0.2) is 5.65 Å². The highest BCUT2D eigenvalue weighted by Crippen LogP contribution is 2.48. The molecule has 0 spiro atoms. The molecule has 2 amide bonds. The standard InChI is InChI=1S/C33H43FN6O3S/c1-33(2,3)13-19-39-30(42)26(44-31(39)23-6-4-7-24(34)28(23)21-9-15-35-16-10-21)20-27(41)38-17-11-22(12-18-38)40-25-8-5-14-36-29(25)37-32(40)43/h4-8,14,21-22,26,31,35H,9-13,15-20H2,1-3H3,(H,36,37,43)/t26-,31-/m0/s1. The van der Waals surface area contributed by atoms with E-state index in [2.05, 4.69) is 36.1 Å². The van der Waals surface area contributed by atoms with Gasteiger partial charge in [-0.3, -0.25) is 19.1 Å². The van der Waals surface area contributed by atoms with Crippen LogP contribution in [0.3, 0.4) is 0 Å². The molecule has 0 aliphatic carbocycles. The van der Waals surface area contributed by atoms with Gasteiger partial charge < -0.3 is 15.1 Å². The number of nitrogens with one attached hydrogen (secondary N) is 2. The molecule has 0 radical (unpaired) electrons. The van der Waals surface area contributed by atoms with E-state index in [9.17, 15) is 14.4 Å². The molecule has 1 aromatic carbocycles. The Kier molecular flexibility index (Phi) is 8.88. The molecular weight excluding hydrogens is 579 g/mol. The summed E-state index contributed by atoms with van der Waals surface area (Å²) in [4.78, 5) is 51.0. The van der Waals surface area contributed by atoms with Gasteiger partial charge in [-0.2, -0.15) is 0 Å². The van der Waals surface area contributed by atoms with Crippen LogP contribution in [0.1, 0.15) is 87.8 Å². The Balaban J connectivity index is 1.18. The van der Waals surface area contributed by atoms with Crippen LogP contribution in [0.25, 0.3) is 11.2 Å². The van der Waals surface area contributed by atoms with Crippen LogP contribution in [0, 0.1) is 11.2 Å². The van der Waals surface area contributed by atoms with Crippen molar-refractivity contribution in [2.75, 3.05) is 32.7 Å². The van der Waals surface area contributed by atoms with Crippen molar-refractivity contribution in [2.24, 2.45) is 5.41 Å². The number of amides is 2. The van der Waals surface area contributed by atoms with Crippen molar-refractivity contribution >= 4 is 34.7 Å². The maximum absolute atomic E-state index is 15.5. The van der Waals surface area contributed by atoms with E-state index < -0.39 is 5.25 Å². The van der Waals surface area contributed by atoms with E-state index in [-0.39, 0.29) is 52.5 Å². The number of rotatable bonds is 7. The summed E-state index contributed by atoms with van der Waals surface area (Å²) in [5, 5.41) is 2.53. The lowest BCUT2D eigenvalue weighted by Gasteiger charge is -2.33. The number of hydrogen-bond donors (Lipinski definition) is 2. The number of pyridine rings is 1. The van der Waals surface area contributed by atoms with E-state index >= 15 is 4.39 Å². The second kappa shape index (κ2) is 12.7. The minimum Gasteiger partial charge on any atom is -0.342 e. The number of aromatic amines is 1. The molecular formula is C33H43FN6O3S. The first kappa shape index (κ1) is 30.8. The van der Waals surface area contributed by atoms with E-state index in [0.717, 1.165) is 49.0 Å². The van der Waals surface area contributed by atoms with E-state index in [0.29, 0.717) is 38.1 Å². The van der Waals surface area contributed by atoms with Crippen LogP contribution < -0.4 is 11.0 Å². The highest BCUT2D eigenvalue weighted by atomic mass is 32.2. The van der Waals surface area contributed by atoms with Gasteiger partial charge in [0.05, 0.1) is 10.8 Å². The lowest BCUT2D eigenvalue weighted by atomic mass is 9.86. The number of H-pyrrole nitrogens is 1. The van der Waals surface area contributed by atoms with E-state index in [1.807, 2.05) is 28.0 Å². The Hall–Kier alpha value is -3.18. The Morgan fingerprint density at radius 1 is 1.07 bits per heavy atom. The Morgan fingerprint density at radius 2 is 1.82 bits per heavy atom. The van der Waals surface area contributed by atoms with E-state index in [1.165, 1.54) is 17.8 Å². The van der Waals surface area contributed by atoms with Crippen LogP contribution in [-0.4, -0.2) is 74.1 Å². The number of nitrogens with zero attached hydrogens (tertiary/aromatic N) is 4. The quantitative estimate of drug-likeness (QED) is 0.386. The summed E-state index contributed by atoms with van der Waals surface area (Å²) in [6.07, 6.45) is 5.62. The molecule has 2 N–H and O–H groups in total. The SMILES string of the molecule is CC(C)(C)CCN1C(=O)[C@H](CC(=O)N2CCC(n3c(=O)[nH]c4ncccc43)CC2)S[C@H]1c1cccc(F)c1C1CCNCC1. The molecule has 9 nitrogen and oxygen atoms in total. The van der Waals surface area contributed by atoms with Gasteiger partial charge >= 0.3 is 5.69 Å². The number of fused-ring (bicyclic) bond motifs is 1. The number of imidazole rings is 1. The van der Waals surface area contributed by atoms with Gasteiger partial charge in [0.1, 0.15) is 11.2 Å². The number of carbonyl (C=O) groups excluding carboxylic acids is 2. The molecule has 2 aromatic heterocycles. The molecule has 0 unspecified atom stereocenters. The Bertz CT molecular complexity index is 1570. The summed E-state index contributed by atoms with van der Waals surface area (Å²) in [7, 11) is 0. The van der Waals surface area contributed by atoms with Crippen molar-refractivity contribution in [3.8, 4) is 0 Å². The van der Waals surface area contributed by atoms with Crippen LogP contribution in [0.2, 0.25) is 0 Å². The van der Waals surface area contributed by atoms with Crippen LogP contribution in [-0.2, 0) is 9.59 Å². The first-order chi connectivity index (χ1) is 21.1. The summed E-state index contributed by atoms with van der Waals surface area (Å²) in [5.41, 5.74) is 2.79. The first-order valence-corrected chi connectivity index (χ1v) is 16.8.